The van der Waals surface area contributed by atoms with E-state index >= 15 is 0 Å². The molecule has 166 valence electrons. The molecule has 0 aliphatic carbocycles. The lowest BCUT2D eigenvalue weighted by atomic mass is 9.76. The average molecular weight is 427 g/mol. The van der Waals surface area contributed by atoms with Crippen LogP contribution in [-0.2, 0) is 16.0 Å². The van der Waals surface area contributed by atoms with E-state index < -0.39 is 19.2 Å². The lowest BCUT2D eigenvalue weighted by Gasteiger charge is -2.35. The van der Waals surface area contributed by atoms with Crippen LogP contribution in [0, 0.1) is 17.2 Å². The highest BCUT2D eigenvalue weighted by atomic mass is 16.5. The van der Waals surface area contributed by atoms with Crippen LogP contribution in [0.25, 0.3) is 0 Å². The van der Waals surface area contributed by atoms with Crippen molar-refractivity contribution >= 4 is 19.1 Å². The molecule has 0 spiro atoms. The maximum atomic E-state index is 12.8. The maximum absolute atomic E-state index is 12.8. The monoisotopic (exact) mass is 427 g/mol. The summed E-state index contributed by atoms with van der Waals surface area (Å²) in [7, 11) is -1.75. The van der Waals surface area contributed by atoms with Gasteiger partial charge >= 0.3 is 13.2 Å². The smallest absolute Gasteiger partial charge is 0.447 e. The second kappa shape index (κ2) is 12.1. The summed E-state index contributed by atoms with van der Waals surface area (Å²) in [4.78, 5) is 26.7. The van der Waals surface area contributed by atoms with Crippen molar-refractivity contribution < 1.29 is 24.4 Å². The molecule has 31 heavy (non-hydrogen) atoms. The van der Waals surface area contributed by atoms with Crippen molar-refractivity contribution in [2.24, 2.45) is 5.92 Å². The lowest BCUT2D eigenvalue weighted by molar-refractivity contribution is -0.131. The van der Waals surface area contributed by atoms with E-state index in [0.29, 0.717) is 13.0 Å². The second-order valence-corrected chi connectivity index (χ2v) is 8.04. The molecule has 0 radical (unpaired) electrons. The molecule has 2 atom stereocenters. The van der Waals surface area contributed by atoms with Crippen molar-refractivity contribution in [1.82, 2.24) is 10.2 Å². The Labute approximate surface area is 183 Å². The van der Waals surface area contributed by atoms with Crippen LogP contribution in [0.5, 0.6) is 0 Å². The summed E-state index contributed by atoms with van der Waals surface area (Å²) in [5.74, 6) is -1.22. The number of likely N-dealkylation sites (tertiary alicyclic amines) is 1. The Bertz CT molecular complexity index is 807. The van der Waals surface area contributed by atoms with E-state index in [9.17, 15) is 24.9 Å². The van der Waals surface area contributed by atoms with Crippen molar-refractivity contribution in [2.75, 3.05) is 13.2 Å². The van der Waals surface area contributed by atoms with Crippen molar-refractivity contribution in [3.63, 3.8) is 0 Å². The number of benzene rings is 1. The van der Waals surface area contributed by atoms with Gasteiger partial charge in [0.25, 0.3) is 5.91 Å². The van der Waals surface area contributed by atoms with Crippen LogP contribution in [-0.4, -0.2) is 59.2 Å². The molecule has 0 bridgehead atoms. The molecule has 9 heteroatoms. The molecule has 1 aromatic carbocycles. The molecule has 3 N–H and O–H groups in total. The van der Waals surface area contributed by atoms with Gasteiger partial charge in [-0.25, -0.2) is 4.79 Å². The number of nitrogens with one attached hydrogen (secondary N) is 1. The standard InChI is InChI=1S/C22H30BN3O5/c1-16(2)12-18(14-24)21(27)26-11-7-6-10-19(26)15-31-22(28)25-20(23(29)30)13-17-8-4-3-5-9-17/h3-5,8-9,12,16,19-20,29-30H,6-7,10-11,13,15H2,1-2H3,(H,25,28)/b18-12+/t19-,20+/m1/s1. The summed E-state index contributed by atoms with van der Waals surface area (Å²) in [6, 6.07) is 10.8. The van der Waals surface area contributed by atoms with Gasteiger partial charge in [-0.1, -0.05) is 50.3 Å². The molecule has 2 amide bonds. The van der Waals surface area contributed by atoms with Gasteiger partial charge < -0.3 is 25.0 Å². The van der Waals surface area contributed by atoms with Gasteiger partial charge in [0.2, 0.25) is 0 Å². The molecule has 1 aromatic rings. The van der Waals surface area contributed by atoms with Crippen LogP contribution in [0.15, 0.2) is 42.0 Å². The fraction of sp³-hybridized carbons (Fsp3) is 0.500. The number of nitrogens with zero attached hydrogens (tertiary/aromatic N) is 2. The Balaban J connectivity index is 1.96. The van der Waals surface area contributed by atoms with Gasteiger partial charge in [-0.3, -0.25) is 4.79 Å². The van der Waals surface area contributed by atoms with Crippen LogP contribution in [0.2, 0.25) is 0 Å². The number of rotatable bonds is 8. The normalized spacial score (nSPS) is 17.6. The number of hydrogen-bond acceptors (Lipinski definition) is 6. The third-order valence-corrected chi connectivity index (χ3v) is 5.11. The third kappa shape index (κ3) is 7.74. The predicted octanol–water partition coefficient (Wildman–Crippen LogP) is 1.82. The number of amides is 2. The highest BCUT2D eigenvalue weighted by Crippen LogP contribution is 2.20. The number of ether oxygens (including phenoxy) is 1. The van der Waals surface area contributed by atoms with E-state index in [1.807, 2.05) is 50.2 Å². The first kappa shape index (κ1) is 24.4. The fourth-order valence-electron chi connectivity index (χ4n) is 3.55. The largest absolute Gasteiger partial charge is 0.475 e. The molecule has 1 fully saturated rings. The van der Waals surface area contributed by atoms with E-state index in [1.165, 1.54) is 0 Å². The van der Waals surface area contributed by atoms with Crippen LogP contribution in [0.1, 0.15) is 38.7 Å². The summed E-state index contributed by atoms with van der Waals surface area (Å²) < 4.78 is 5.31. The molecule has 1 aliphatic heterocycles. The number of nitriles is 1. The summed E-state index contributed by atoms with van der Waals surface area (Å²) in [6.07, 6.45) is 3.46. The van der Waals surface area contributed by atoms with Crippen molar-refractivity contribution in [3.05, 3.63) is 47.5 Å². The molecule has 0 unspecified atom stereocenters. The quantitative estimate of drug-likeness (QED) is 0.331. The van der Waals surface area contributed by atoms with Crippen molar-refractivity contribution in [1.29, 1.82) is 5.26 Å². The Hall–Kier alpha value is -2.83. The van der Waals surface area contributed by atoms with Crippen molar-refractivity contribution in [3.8, 4) is 6.07 Å². The minimum Gasteiger partial charge on any atom is -0.447 e. The zero-order chi connectivity index (χ0) is 22.8. The Morgan fingerprint density at radius 2 is 2.03 bits per heavy atom. The first-order chi connectivity index (χ1) is 14.8. The molecular formula is C22H30BN3O5. The topological polar surface area (TPSA) is 123 Å². The SMILES string of the molecule is CC(C)/C=C(\C#N)C(=O)N1CCCC[C@@H]1COC(=O)N[C@@H](Cc1ccccc1)B(O)O. The summed E-state index contributed by atoms with van der Waals surface area (Å²) in [5.41, 5.74) is 0.934. The molecule has 1 aliphatic rings. The zero-order valence-corrected chi connectivity index (χ0v) is 18.0. The summed E-state index contributed by atoms with van der Waals surface area (Å²) >= 11 is 0. The molecule has 0 aromatic heterocycles. The van der Waals surface area contributed by atoms with Gasteiger partial charge in [0.1, 0.15) is 18.2 Å². The predicted molar refractivity (Wildman–Crippen MR) is 116 cm³/mol. The van der Waals surface area contributed by atoms with Crippen molar-refractivity contribution in [2.45, 2.75) is 51.5 Å². The highest BCUT2D eigenvalue weighted by Gasteiger charge is 2.31. The Kier molecular flexibility index (Phi) is 9.57. The third-order valence-electron chi connectivity index (χ3n) is 5.11. The fourth-order valence-corrected chi connectivity index (χ4v) is 3.55. The van der Waals surface area contributed by atoms with Crippen LogP contribution in [0.3, 0.4) is 0 Å². The molecular weight excluding hydrogens is 397 g/mol. The molecule has 1 saturated heterocycles. The number of hydrogen-bond donors (Lipinski definition) is 3. The van der Waals surface area contributed by atoms with Gasteiger partial charge in [0.05, 0.1) is 12.0 Å². The summed E-state index contributed by atoms with van der Waals surface area (Å²) in [6.45, 7) is 4.26. The van der Waals surface area contributed by atoms with E-state index in [1.54, 1.807) is 11.0 Å². The number of piperidine rings is 1. The number of allylic oxidation sites excluding steroid dienone is 1. The van der Waals surface area contributed by atoms with Gasteiger partial charge in [-0.05, 0) is 37.2 Å². The Morgan fingerprint density at radius 3 is 2.65 bits per heavy atom. The maximum Gasteiger partial charge on any atom is 0.475 e. The molecule has 1 heterocycles. The minimum atomic E-state index is -1.75. The average Bonchev–Trinajstić information content (AvgIpc) is 2.75. The summed E-state index contributed by atoms with van der Waals surface area (Å²) in [5, 5.41) is 31.0. The van der Waals surface area contributed by atoms with Crippen LogP contribution >= 0.6 is 0 Å². The number of carbonyl (C=O) groups is 2. The van der Waals surface area contributed by atoms with E-state index in [0.717, 1.165) is 18.4 Å². The van der Waals surface area contributed by atoms with Crippen LogP contribution in [0.4, 0.5) is 4.79 Å². The molecule has 0 saturated carbocycles. The van der Waals surface area contributed by atoms with E-state index in [-0.39, 0.29) is 36.5 Å². The van der Waals surface area contributed by atoms with Crippen LogP contribution < -0.4 is 5.32 Å². The Morgan fingerprint density at radius 1 is 1.32 bits per heavy atom. The number of carbonyl (C=O) groups excluding carboxylic acids is 2. The van der Waals surface area contributed by atoms with Gasteiger partial charge in [-0.15, -0.1) is 0 Å². The molecule has 2 rings (SSSR count). The number of alkyl carbamates (subject to hydrolysis) is 1. The zero-order valence-electron chi connectivity index (χ0n) is 18.0. The minimum absolute atomic E-state index is 0.0302. The second-order valence-electron chi connectivity index (χ2n) is 8.04. The van der Waals surface area contributed by atoms with Gasteiger partial charge in [0.15, 0.2) is 0 Å². The highest BCUT2D eigenvalue weighted by molar-refractivity contribution is 6.43. The molecule has 8 nitrogen and oxygen atoms in total. The van der Waals surface area contributed by atoms with Gasteiger partial charge in [0, 0.05) is 6.54 Å². The van der Waals surface area contributed by atoms with E-state index in [2.05, 4.69) is 5.32 Å². The van der Waals surface area contributed by atoms with Gasteiger partial charge in [-0.2, -0.15) is 5.26 Å². The first-order valence-corrected chi connectivity index (χ1v) is 10.6. The first-order valence-electron chi connectivity index (χ1n) is 10.6. The van der Waals surface area contributed by atoms with E-state index in [4.69, 9.17) is 4.74 Å². The lowest BCUT2D eigenvalue weighted by Crippen LogP contribution is -2.50.